The van der Waals surface area contributed by atoms with Gasteiger partial charge in [0.15, 0.2) is 0 Å². The van der Waals surface area contributed by atoms with Crippen LogP contribution in [0.4, 0.5) is 0 Å². The summed E-state index contributed by atoms with van der Waals surface area (Å²) in [5, 5.41) is 3.38. The first-order valence-corrected chi connectivity index (χ1v) is 7.89. The molecule has 1 aliphatic heterocycles. The highest BCUT2D eigenvalue weighted by Gasteiger charge is 2.15. The molecule has 0 saturated carbocycles. The van der Waals surface area contributed by atoms with E-state index in [1.54, 1.807) is 0 Å². The Balaban J connectivity index is 1.50. The average molecular weight is 274 g/mol. The molecule has 1 fully saturated rings. The summed E-state index contributed by atoms with van der Waals surface area (Å²) in [4.78, 5) is 14.0. The number of benzene rings is 1. The Morgan fingerprint density at radius 3 is 2.55 bits per heavy atom. The van der Waals surface area contributed by atoms with Gasteiger partial charge in [0, 0.05) is 26.1 Å². The van der Waals surface area contributed by atoms with E-state index in [0.29, 0.717) is 12.3 Å². The van der Waals surface area contributed by atoms with Gasteiger partial charge < -0.3 is 10.2 Å². The van der Waals surface area contributed by atoms with E-state index in [9.17, 15) is 4.79 Å². The van der Waals surface area contributed by atoms with Gasteiger partial charge in [-0.2, -0.15) is 0 Å². The Labute approximate surface area is 122 Å². The van der Waals surface area contributed by atoms with Gasteiger partial charge in [-0.05, 0) is 44.2 Å². The van der Waals surface area contributed by atoms with Crippen molar-refractivity contribution in [3.63, 3.8) is 0 Å². The average Bonchev–Trinajstić information content (AvgIpc) is 2.52. The van der Waals surface area contributed by atoms with Gasteiger partial charge in [0.25, 0.3) is 0 Å². The molecule has 3 nitrogen and oxygen atoms in total. The molecular formula is C17H26N2O. The summed E-state index contributed by atoms with van der Waals surface area (Å²) >= 11 is 0. The van der Waals surface area contributed by atoms with Crippen LogP contribution in [-0.2, 0) is 11.2 Å². The van der Waals surface area contributed by atoms with Crippen molar-refractivity contribution >= 4 is 5.91 Å². The molecule has 0 aromatic heterocycles. The predicted molar refractivity (Wildman–Crippen MR) is 82.7 cm³/mol. The van der Waals surface area contributed by atoms with Gasteiger partial charge in [0.05, 0.1) is 0 Å². The maximum Gasteiger partial charge on any atom is 0.223 e. The van der Waals surface area contributed by atoms with Gasteiger partial charge in [-0.1, -0.05) is 30.3 Å². The second-order valence-corrected chi connectivity index (χ2v) is 5.53. The first-order chi connectivity index (χ1) is 9.86. The second kappa shape index (κ2) is 8.75. The zero-order chi connectivity index (χ0) is 14.0. The van der Waals surface area contributed by atoms with Crippen LogP contribution in [0.2, 0.25) is 0 Å². The molecule has 0 atom stereocenters. The molecular weight excluding hydrogens is 248 g/mol. The molecule has 0 unspecified atom stereocenters. The number of amides is 1. The van der Waals surface area contributed by atoms with Crippen LogP contribution in [-0.4, -0.2) is 37.0 Å². The van der Waals surface area contributed by atoms with E-state index in [0.717, 1.165) is 39.0 Å². The van der Waals surface area contributed by atoms with Crippen molar-refractivity contribution in [1.29, 1.82) is 0 Å². The Hall–Kier alpha value is -1.35. The Bertz CT molecular complexity index is 385. The quantitative estimate of drug-likeness (QED) is 0.775. The van der Waals surface area contributed by atoms with Crippen LogP contribution < -0.4 is 5.32 Å². The summed E-state index contributed by atoms with van der Waals surface area (Å²) in [5.41, 5.74) is 1.39. The van der Waals surface area contributed by atoms with E-state index in [4.69, 9.17) is 0 Å². The molecule has 1 amide bonds. The standard InChI is InChI=1S/C17H26N2O/c20-17(19-14-5-2-6-15-19)11-13-18-12-7-10-16-8-3-1-4-9-16/h1,3-4,8-9,18H,2,5-7,10-15H2. The third kappa shape index (κ3) is 5.33. The zero-order valence-electron chi connectivity index (χ0n) is 12.3. The summed E-state index contributed by atoms with van der Waals surface area (Å²) in [5.74, 6) is 0.320. The van der Waals surface area contributed by atoms with Crippen LogP contribution in [0.3, 0.4) is 0 Å². The summed E-state index contributed by atoms with van der Waals surface area (Å²) in [7, 11) is 0. The second-order valence-electron chi connectivity index (χ2n) is 5.53. The summed E-state index contributed by atoms with van der Waals surface area (Å²) in [6.45, 7) is 3.73. The van der Waals surface area contributed by atoms with Gasteiger partial charge in [-0.25, -0.2) is 0 Å². The van der Waals surface area contributed by atoms with Crippen LogP contribution in [0.1, 0.15) is 37.7 Å². The topological polar surface area (TPSA) is 32.3 Å². The minimum atomic E-state index is 0.320. The fourth-order valence-corrected chi connectivity index (χ4v) is 2.68. The number of hydrogen-bond donors (Lipinski definition) is 1. The number of piperidine rings is 1. The van der Waals surface area contributed by atoms with E-state index < -0.39 is 0 Å². The Morgan fingerprint density at radius 2 is 1.80 bits per heavy atom. The molecule has 1 N–H and O–H groups in total. The maximum absolute atomic E-state index is 11.9. The lowest BCUT2D eigenvalue weighted by molar-refractivity contribution is -0.131. The van der Waals surface area contributed by atoms with E-state index in [-0.39, 0.29) is 0 Å². The van der Waals surface area contributed by atoms with Crippen molar-refractivity contribution in [1.82, 2.24) is 10.2 Å². The third-order valence-corrected chi connectivity index (χ3v) is 3.89. The molecule has 20 heavy (non-hydrogen) atoms. The van der Waals surface area contributed by atoms with Gasteiger partial charge >= 0.3 is 0 Å². The predicted octanol–water partition coefficient (Wildman–Crippen LogP) is 2.61. The van der Waals surface area contributed by atoms with Crippen LogP contribution in [0, 0.1) is 0 Å². The third-order valence-electron chi connectivity index (χ3n) is 3.89. The van der Waals surface area contributed by atoms with Crippen molar-refractivity contribution in [2.75, 3.05) is 26.2 Å². The molecule has 110 valence electrons. The Morgan fingerprint density at radius 1 is 1.05 bits per heavy atom. The zero-order valence-corrected chi connectivity index (χ0v) is 12.3. The fourth-order valence-electron chi connectivity index (χ4n) is 2.68. The van der Waals surface area contributed by atoms with Crippen molar-refractivity contribution in [2.24, 2.45) is 0 Å². The molecule has 0 bridgehead atoms. The molecule has 1 aliphatic rings. The molecule has 0 aliphatic carbocycles. The number of nitrogens with one attached hydrogen (secondary N) is 1. The molecule has 1 heterocycles. The first kappa shape index (κ1) is 15.0. The van der Waals surface area contributed by atoms with Gasteiger partial charge in [-0.3, -0.25) is 4.79 Å². The van der Waals surface area contributed by atoms with Crippen molar-refractivity contribution in [2.45, 2.75) is 38.5 Å². The van der Waals surface area contributed by atoms with E-state index in [1.807, 2.05) is 11.0 Å². The first-order valence-electron chi connectivity index (χ1n) is 7.89. The van der Waals surface area contributed by atoms with Crippen LogP contribution in [0.25, 0.3) is 0 Å². The molecule has 0 radical (unpaired) electrons. The number of carbonyl (C=O) groups is 1. The van der Waals surface area contributed by atoms with E-state index >= 15 is 0 Å². The monoisotopic (exact) mass is 274 g/mol. The SMILES string of the molecule is O=C(CCNCCCc1ccccc1)N1CCCCC1. The summed E-state index contributed by atoms with van der Waals surface area (Å²) < 4.78 is 0. The highest BCUT2D eigenvalue weighted by atomic mass is 16.2. The largest absolute Gasteiger partial charge is 0.343 e. The van der Waals surface area contributed by atoms with Gasteiger partial charge in [-0.15, -0.1) is 0 Å². The number of nitrogens with zero attached hydrogens (tertiary/aromatic N) is 1. The Kier molecular flexibility index (Phi) is 6.58. The number of likely N-dealkylation sites (tertiary alicyclic amines) is 1. The maximum atomic E-state index is 11.9. The minimum absolute atomic E-state index is 0.320. The lowest BCUT2D eigenvalue weighted by Crippen LogP contribution is -2.37. The number of carbonyl (C=O) groups excluding carboxylic acids is 1. The highest BCUT2D eigenvalue weighted by Crippen LogP contribution is 2.09. The molecule has 2 rings (SSSR count). The molecule has 0 spiro atoms. The number of rotatable bonds is 7. The summed E-state index contributed by atoms with van der Waals surface area (Å²) in [6.07, 6.45) is 6.51. The van der Waals surface area contributed by atoms with Crippen molar-refractivity contribution in [3.8, 4) is 0 Å². The lowest BCUT2D eigenvalue weighted by Gasteiger charge is -2.26. The van der Waals surface area contributed by atoms with E-state index in [2.05, 4.69) is 29.6 Å². The lowest BCUT2D eigenvalue weighted by atomic mass is 10.1. The van der Waals surface area contributed by atoms with Crippen molar-refractivity contribution in [3.05, 3.63) is 35.9 Å². The normalized spacial score (nSPS) is 15.3. The summed E-state index contributed by atoms with van der Waals surface area (Å²) in [6, 6.07) is 10.5. The molecule has 1 aromatic carbocycles. The highest BCUT2D eigenvalue weighted by molar-refractivity contribution is 5.76. The van der Waals surface area contributed by atoms with Crippen LogP contribution in [0.5, 0.6) is 0 Å². The van der Waals surface area contributed by atoms with Crippen LogP contribution >= 0.6 is 0 Å². The van der Waals surface area contributed by atoms with Gasteiger partial charge in [0.2, 0.25) is 5.91 Å². The number of hydrogen-bond acceptors (Lipinski definition) is 2. The van der Waals surface area contributed by atoms with Crippen LogP contribution in [0.15, 0.2) is 30.3 Å². The molecule has 1 saturated heterocycles. The smallest absolute Gasteiger partial charge is 0.223 e. The minimum Gasteiger partial charge on any atom is -0.343 e. The fraction of sp³-hybridized carbons (Fsp3) is 0.588. The van der Waals surface area contributed by atoms with Crippen molar-refractivity contribution < 1.29 is 4.79 Å². The van der Waals surface area contributed by atoms with E-state index in [1.165, 1.54) is 24.8 Å². The number of aryl methyl sites for hydroxylation is 1. The van der Waals surface area contributed by atoms with Gasteiger partial charge in [0.1, 0.15) is 0 Å². The molecule has 3 heteroatoms. The molecule has 1 aromatic rings.